The van der Waals surface area contributed by atoms with Gasteiger partial charge >= 0.3 is 20.2 Å². The summed E-state index contributed by atoms with van der Waals surface area (Å²) in [5, 5.41) is 28.1. The number of hydrogen-bond donors (Lipinski definition) is 5. The van der Waals surface area contributed by atoms with E-state index in [2.05, 4.69) is 66.7 Å². The molecule has 0 fully saturated rings. The van der Waals surface area contributed by atoms with E-state index in [1.54, 1.807) is 43.6 Å². The van der Waals surface area contributed by atoms with Crippen molar-refractivity contribution < 1.29 is 10.2 Å². The second kappa shape index (κ2) is 27.2. The number of fused-ring (bicyclic) bond motifs is 2. The third-order valence-corrected chi connectivity index (χ3v) is 7.19. The first kappa shape index (κ1) is 47.4. The number of anilines is 2. The fourth-order valence-corrected chi connectivity index (χ4v) is 4.25. The average Bonchev–Trinajstić information content (AvgIpc) is 3.06. The number of hydrogen-bond acceptors (Lipinski definition) is 8. The zero-order chi connectivity index (χ0) is 36.5. The molecular weight excluding hydrogens is 607 g/mol. The van der Waals surface area contributed by atoms with Gasteiger partial charge in [0.05, 0.1) is 17.2 Å². The van der Waals surface area contributed by atoms with Crippen LogP contribution in [0.1, 0.15) is 94.9 Å². The topological polar surface area (TPSA) is 120 Å². The molecule has 0 aliphatic heterocycles. The molecule has 0 saturated heterocycles. The maximum Gasteiger partial charge on any atom is 0.117 e. The molecule has 2 aromatic heterocycles. The van der Waals surface area contributed by atoms with Gasteiger partial charge in [-0.3, -0.25) is 9.97 Å². The number of phenols is 2. The molecule has 9 heteroatoms. The van der Waals surface area contributed by atoms with Crippen molar-refractivity contribution in [2.75, 3.05) is 37.3 Å². The second-order valence-electron chi connectivity index (χ2n) is 12.3. The minimum absolute atomic E-state index is 0. The molecule has 2 heterocycles. The number of unbranched alkanes of at least 4 members (excludes halogenated alkanes) is 1. The van der Waals surface area contributed by atoms with Crippen molar-refractivity contribution in [3.8, 4) is 11.5 Å². The molecule has 0 unspecified atom stereocenters. The van der Waals surface area contributed by atoms with Crippen molar-refractivity contribution in [1.29, 1.82) is 0 Å². The molecule has 0 aliphatic rings. The Labute approximate surface area is 299 Å². The Morgan fingerprint density at radius 3 is 1.78 bits per heavy atom. The van der Waals surface area contributed by atoms with E-state index in [9.17, 15) is 10.2 Å². The second-order valence-corrected chi connectivity index (χ2v) is 12.3. The third kappa shape index (κ3) is 19.8. The molecule has 2 aromatic carbocycles. The molecule has 0 spiro atoms. The van der Waals surface area contributed by atoms with Gasteiger partial charge in [0.2, 0.25) is 0 Å². The van der Waals surface area contributed by atoms with Gasteiger partial charge in [0.15, 0.2) is 0 Å². The van der Waals surface area contributed by atoms with E-state index >= 15 is 0 Å². The molecule has 1 atom stereocenters. The van der Waals surface area contributed by atoms with Crippen molar-refractivity contribution in [2.24, 2.45) is 11.1 Å². The van der Waals surface area contributed by atoms with Crippen molar-refractivity contribution in [3.63, 3.8) is 0 Å². The molecule has 274 valence electrons. The van der Waals surface area contributed by atoms with Crippen LogP contribution in [0.4, 0.5) is 11.4 Å². The van der Waals surface area contributed by atoms with Crippen molar-refractivity contribution in [3.05, 3.63) is 60.9 Å². The van der Waals surface area contributed by atoms with E-state index in [-0.39, 0.29) is 25.1 Å². The molecule has 0 radical (unpaired) electrons. The Kier molecular flexibility index (Phi) is 26.3. The van der Waals surface area contributed by atoms with Crippen LogP contribution in [0.2, 0.25) is 6.82 Å². The Balaban J connectivity index is 0. The molecule has 4 aromatic rings. The minimum Gasteiger partial charge on any atom is -0.508 e. The molecule has 0 amide bonds. The van der Waals surface area contributed by atoms with E-state index in [1.807, 2.05) is 58.8 Å². The Bertz CT molecular complexity index is 1430. The molecule has 4 rings (SSSR count). The third-order valence-electron chi connectivity index (χ3n) is 7.19. The van der Waals surface area contributed by atoms with Gasteiger partial charge in [0.25, 0.3) is 0 Å². The van der Waals surface area contributed by atoms with E-state index in [0.29, 0.717) is 5.41 Å². The Morgan fingerprint density at radius 1 is 0.837 bits per heavy atom. The maximum atomic E-state index is 9.66. The smallest absolute Gasteiger partial charge is 0.117 e. The summed E-state index contributed by atoms with van der Waals surface area (Å²) >= 11 is 0. The van der Waals surface area contributed by atoms with Crippen molar-refractivity contribution >= 4 is 46.6 Å². The standard InChI is InChI=1S/C27H34N6O2.C6H14.C2H5B.2C2H6.CH4/c1-33(15-3-2-12-29-23-10-13-30-25-17-19(34)6-8-21(23)25)16-4-5-27(28)32-24-11-14-31-26-18-20(35)7-9-22(24)26;1-5-6(2,3)4;1-3-2;2*1-2;/h6-11,13-14,17-18,27,34-35H,2-5,12,15-16,28H2,1H3,(H,29,30)(H,31,32);5H2,1-4H3;1H2,2H3;2*1-2H3;1H4/t27-;;;;;/m1...../s1. The van der Waals surface area contributed by atoms with E-state index in [4.69, 9.17) is 5.73 Å². The summed E-state index contributed by atoms with van der Waals surface area (Å²) in [6.45, 7) is 26.9. The van der Waals surface area contributed by atoms with Gasteiger partial charge in [-0.1, -0.05) is 69.2 Å². The summed E-state index contributed by atoms with van der Waals surface area (Å²) in [4.78, 5) is 11.0. The number of pyridine rings is 2. The first-order valence-electron chi connectivity index (χ1n) is 17.6. The summed E-state index contributed by atoms with van der Waals surface area (Å²) in [5.41, 5.74) is 10.4. The van der Waals surface area contributed by atoms with Crippen molar-refractivity contribution in [2.45, 2.75) is 108 Å². The summed E-state index contributed by atoms with van der Waals surface area (Å²) in [6, 6.07) is 14.3. The minimum atomic E-state index is -0.149. The summed E-state index contributed by atoms with van der Waals surface area (Å²) < 4.78 is 0. The number of aromatic nitrogens is 2. The van der Waals surface area contributed by atoms with E-state index in [1.165, 1.54) is 6.42 Å². The van der Waals surface area contributed by atoms with Crippen LogP contribution in [-0.2, 0) is 0 Å². The number of phenolic OH excluding ortho intramolecular Hbond substituents is 2. The normalized spacial score (nSPS) is 10.7. The number of benzene rings is 2. The van der Waals surface area contributed by atoms with Crippen molar-refractivity contribution in [1.82, 2.24) is 14.9 Å². The number of nitrogens with two attached hydrogens (primary N) is 1. The molecule has 0 aliphatic carbocycles. The fraction of sp³-hybridized carbons (Fsp3) is 0.525. The van der Waals surface area contributed by atoms with Gasteiger partial charge in [-0.05, 0) is 87.6 Å². The zero-order valence-corrected chi connectivity index (χ0v) is 31.6. The van der Waals surface area contributed by atoms with Gasteiger partial charge < -0.3 is 31.5 Å². The van der Waals surface area contributed by atoms with Crippen LogP contribution in [0.25, 0.3) is 21.8 Å². The number of nitrogens with zero attached hydrogens (tertiary/aromatic N) is 3. The maximum absolute atomic E-state index is 9.66. The summed E-state index contributed by atoms with van der Waals surface area (Å²) in [5.74, 6) is 0.436. The van der Waals surface area contributed by atoms with Crippen LogP contribution in [0, 0.1) is 5.41 Å². The van der Waals surface area contributed by atoms with Gasteiger partial charge in [-0.25, -0.2) is 0 Å². The van der Waals surface area contributed by atoms with Gasteiger partial charge in [-0.15, -0.1) is 0 Å². The molecule has 6 N–H and O–H groups in total. The number of nitrogens with one attached hydrogen (secondary N) is 2. The largest absolute Gasteiger partial charge is 0.508 e. The molecular formula is C40H69BN6O2. The molecule has 8 nitrogen and oxygen atoms in total. The quantitative estimate of drug-likeness (QED) is 0.0572. The molecule has 0 saturated carbocycles. The predicted octanol–water partition coefficient (Wildman–Crippen LogP) is 9.80. The monoisotopic (exact) mass is 677 g/mol. The predicted molar refractivity (Wildman–Crippen MR) is 221 cm³/mol. The van der Waals surface area contributed by atoms with E-state index < -0.39 is 0 Å². The van der Waals surface area contributed by atoms with Gasteiger partial charge in [0.1, 0.15) is 11.5 Å². The first-order valence-corrected chi connectivity index (χ1v) is 17.6. The Hall–Kier alpha value is -3.69. The average molecular weight is 677 g/mol. The SMILES string of the molecule is C.C=BC.CC.CC.CCC(C)(C)C.CN(CCCCNc1ccnc2cc(O)ccc12)CCC[C@H](N)Nc1ccnc2cc(O)ccc12. The molecule has 0 bridgehead atoms. The van der Waals surface area contributed by atoms with Crippen LogP contribution in [0.15, 0.2) is 60.9 Å². The van der Waals surface area contributed by atoms with Crippen LogP contribution >= 0.6 is 0 Å². The van der Waals surface area contributed by atoms with Crippen LogP contribution in [0.5, 0.6) is 11.5 Å². The summed E-state index contributed by atoms with van der Waals surface area (Å²) in [6.07, 6.45) is 8.64. The number of aromatic hydroxyl groups is 2. The fourth-order valence-electron chi connectivity index (χ4n) is 4.25. The molecule has 49 heavy (non-hydrogen) atoms. The first-order chi connectivity index (χ1) is 23.0. The van der Waals surface area contributed by atoms with Crippen LogP contribution < -0.4 is 16.4 Å². The Morgan fingerprint density at radius 2 is 1.29 bits per heavy atom. The number of rotatable bonds is 12. The van der Waals surface area contributed by atoms with E-state index in [0.717, 1.165) is 78.5 Å². The van der Waals surface area contributed by atoms with Gasteiger partial charge in [0, 0.05) is 53.2 Å². The van der Waals surface area contributed by atoms with Crippen LogP contribution in [0.3, 0.4) is 0 Å². The van der Waals surface area contributed by atoms with Gasteiger partial charge in [-0.2, -0.15) is 0 Å². The van der Waals surface area contributed by atoms with Crippen LogP contribution in [-0.4, -0.2) is 71.3 Å². The zero-order valence-electron chi connectivity index (χ0n) is 31.6. The summed E-state index contributed by atoms with van der Waals surface area (Å²) in [7, 11) is 2.15.